The Morgan fingerprint density at radius 2 is 1.90 bits per heavy atom. The maximum atomic E-state index is 13.9. The summed E-state index contributed by atoms with van der Waals surface area (Å²) in [5.41, 5.74) is 0.556. The number of hydrogen-bond acceptors (Lipinski definition) is 7. The largest absolute Gasteiger partial charge is 0.482 e. The molecule has 3 heterocycles. The van der Waals surface area contributed by atoms with Crippen molar-refractivity contribution < 1.29 is 32.4 Å². The predicted molar refractivity (Wildman–Crippen MR) is 175 cm³/mol. The van der Waals surface area contributed by atoms with Crippen molar-refractivity contribution in [2.45, 2.75) is 115 Å². The van der Waals surface area contributed by atoms with Crippen LogP contribution >= 0.6 is 0 Å². The number of nitrogens with one attached hydrogen (secondary N) is 1. The lowest BCUT2D eigenvalue weighted by Gasteiger charge is -2.90. The maximum absolute atomic E-state index is 13.9. The topological polar surface area (TPSA) is 104 Å². The van der Waals surface area contributed by atoms with Crippen LogP contribution in [0.1, 0.15) is 78.7 Å². The molecule has 0 aromatic heterocycles. The van der Waals surface area contributed by atoms with Crippen LogP contribution < -0.4 is 5.32 Å². The fourth-order valence-corrected chi connectivity index (χ4v) is 10.4. The van der Waals surface area contributed by atoms with Crippen LogP contribution in [0.2, 0.25) is 0 Å². The number of hydrogen-bond donors (Lipinski definition) is 1. The van der Waals surface area contributed by atoms with Crippen molar-refractivity contribution in [2.75, 3.05) is 32.8 Å². The van der Waals surface area contributed by atoms with Crippen LogP contribution in [-0.2, 0) is 30.1 Å². The number of carbonyl (C=O) groups excluding carboxylic acids is 2. The molecule has 9 fully saturated rings. The first-order valence-corrected chi connectivity index (χ1v) is 17.6. The minimum atomic E-state index is -2.76. The molecule has 6 aliphatic carbocycles. The highest BCUT2D eigenvalue weighted by atomic mass is 19.3. The van der Waals surface area contributed by atoms with Gasteiger partial charge in [0.05, 0.1) is 49.4 Å². The normalized spacial score (nSPS) is 35.9. The first kappa shape index (κ1) is 33.9. The predicted octanol–water partition coefficient (Wildman–Crippen LogP) is 4.39. The Hall–Kier alpha value is -2.59. The minimum absolute atomic E-state index is 0.00512. The standard InChI is InChI=1S/C36H49BF2N4O5/c1-31(2,43-12-11-36(38,39)23-43)17-25(19-40)30(45)42-13-14-46-26(20-42)16-29(44)41-28(15-24-9-7-6-8-10-24)37-47-27-18-34-21-35(22-34,32(34,3)4)33(27,5)48-37/h6-10,25-28H,11-18,20-23H2,1-5H3,(H,41,44)/t25?,26-,27+,28-,33+,34?,35?/m0/s1. The number of halogens is 2. The number of nitriles is 1. The van der Waals surface area contributed by atoms with Gasteiger partial charge in [-0.25, -0.2) is 8.78 Å². The molecule has 2 amide bonds. The smallest absolute Gasteiger partial charge is 0.404 e. The zero-order chi connectivity index (χ0) is 34.3. The van der Waals surface area contributed by atoms with Gasteiger partial charge in [-0.15, -0.1) is 0 Å². The van der Waals surface area contributed by atoms with Gasteiger partial charge >= 0.3 is 7.12 Å². The van der Waals surface area contributed by atoms with Crippen LogP contribution in [0.4, 0.5) is 8.78 Å². The van der Waals surface area contributed by atoms with Gasteiger partial charge in [-0.05, 0) is 69.3 Å². The molecule has 1 aromatic carbocycles. The van der Waals surface area contributed by atoms with E-state index in [4.69, 9.17) is 14.0 Å². The lowest BCUT2D eigenvalue weighted by atomic mass is 9.15. The Kier molecular flexibility index (Phi) is 8.10. The van der Waals surface area contributed by atoms with Gasteiger partial charge in [0.15, 0.2) is 0 Å². The van der Waals surface area contributed by atoms with Crippen molar-refractivity contribution in [3.05, 3.63) is 35.9 Å². The Bertz CT molecular complexity index is 1480. The molecule has 9 aliphatic rings. The van der Waals surface area contributed by atoms with E-state index in [9.17, 15) is 23.6 Å². The average molecular weight is 667 g/mol. The van der Waals surface area contributed by atoms with Gasteiger partial charge in [-0.2, -0.15) is 5.26 Å². The molecule has 260 valence electrons. The van der Waals surface area contributed by atoms with E-state index in [0.717, 1.165) is 12.0 Å². The number of ether oxygens (including phenoxy) is 1. The summed E-state index contributed by atoms with van der Waals surface area (Å²) in [5.74, 6) is -4.74. The summed E-state index contributed by atoms with van der Waals surface area (Å²) in [6, 6.07) is 12.1. The molecule has 3 aliphatic heterocycles. The number of nitrogens with zero attached hydrogens (tertiary/aromatic N) is 3. The molecule has 10 rings (SSSR count). The van der Waals surface area contributed by atoms with Gasteiger partial charge in [0.1, 0.15) is 5.92 Å². The molecule has 9 nitrogen and oxygen atoms in total. The quantitative estimate of drug-likeness (QED) is 0.370. The second kappa shape index (κ2) is 11.5. The average Bonchev–Trinajstić information content (AvgIpc) is 3.59. The molecule has 1 unspecified atom stereocenters. The fourth-order valence-electron chi connectivity index (χ4n) is 10.4. The molecule has 0 radical (unpaired) electrons. The van der Waals surface area contributed by atoms with E-state index in [0.29, 0.717) is 18.4 Å². The van der Waals surface area contributed by atoms with E-state index >= 15 is 0 Å². The number of morpholine rings is 1. The molecular weight excluding hydrogens is 617 g/mol. The van der Waals surface area contributed by atoms with Crippen LogP contribution in [-0.4, -0.2) is 96.7 Å². The van der Waals surface area contributed by atoms with E-state index in [1.165, 1.54) is 12.8 Å². The van der Waals surface area contributed by atoms with Gasteiger partial charge in [0.2, 0.25) is 11.8 Å². The SMILES string of the molecule is CC(C)(CC(C#N)C(=O)N1CCO[C@@H](CC(=O)N[C@@H](Cc2ccccc2)B2O[C@@H]3CC45CC(C4)(C5(C)C)[C@]3(C)O2)C1)N1CCC(F)(F)C1. The number of carbonyl (C=O) groups is 2. The summed E-state index contributed by atoms with van der Waals surface area (Å²) in [4.78, 5) is 30.4. The van der Waals surface area contributed by atoms with Gasteiger partial charge in [0, 0.05) is 37.0 Å². The molecule has 3 saturated heterocycles. The summed E-state index contributed by atoms with van der Waals surface area (Å²) >= 11 is 0. The highest BCUT2D eigenvalue weighted by Gasteiger charge is 2.91. The third-order valence-electron chi connectivity index (χ3n) is 13.6. The second-order valence-corrected chi connectivity index (χ2v) is 16.8. The highest BCUT2D eigenvalue weighted by Crippen LogP contribution is 2.92. The van der Waals surface area contributed by atoms with Crippen LogP contribution in [0, 0.1) is 33.5 Å². The van der Waals surface area contributed by atoms with Crippen molar-refractivity contribution in [1.82, 2.24) is 15.1 Å². The highest BCUT2D eigenvalue weighted by molar-refractivity contribution is 6.48. The van der Waals surface area contributed by atoms with Crippen molar-refractivity contribution >= 4 is 18.9 Å². The third kappa shape index (κ3) is 5.21. The Balaban J connectivity index is 0.988. The monoisotopic (exact) mass is 666 g/mol. The summed E-state index contributed by atoms with van der Waals surface area (Å²) in [6.07, 6.45) is 3.28. The van der Waals surface area contributed by atoms with Gasteiger partial charge < -0.3 is 24.3 Å². The van der Waals surface area contributed by atoms with E-state index in [1.54, 1.807) is 9.80 Å². The minimum Gasteiger partial charge on any atom is -0.404 e. The Labute approximate surface area is 283 Å². The van der Waals surface area contributed by atoms with Gasteiger partial charge in [0.25, 0.3) is 5.92 Å². The van der Waals surface area contributed by atoms with E-state index in [1.807, 2.05) is 44.2 Å². The summed E-state index contributed by atoms with van der Waals surface area (Å²) in [6.45, 7) is 11.1. The molecule has 6 saturated carbocycles. The Morgan fingerprint density at radius 3 is 2.54 bits per heavy atom. The molecule has 5 atom stereocenters. The third-order valence-corrected chi connectivity index (χ3v) is 13.6. The summed E-state index contributed by atoms with van der Waals surface area (Å²) in [5, 5.41) is 13.2. The molecule has 12 heteroatoms. The van der Waals surface area contributed by atoms with Crippen LogP contribution in [0.25, 0.3) is 0 Å². The van der Waals surface area contributed by atoms with Crippen LogP contribution in [0.3, 0.4) is 0 Å². The maximum Gasteiger partial charge on any atom is 0.482 e. The second-order valence-electron chi connectivity index (χ2n) is 16.8. The zero-order valence-electron chi connectivity index (χ0n) is 28.9. The summed E-state index contributed by atoms with van der Waals surface area (Å²) < 4.78 is 47.3. The van der Waals surface area contributed by atoms with Crippen molar-refractivity contribution in [2.24, 2.45) is 22.2 Å². The molecule has 48 heavy (non-hydrogen) atoms. The van der Waals surface area contributed by atoms with E-state index in [-0.39, 0.29) is 74.3 Å². The lowest BCUT2D eigenvalue weighted by Crippen LogP contribution is -2.88. The zero-order valence-corrected chi connectivity index (χ0v) is 28.9. The first-order chi connectivity index (χ1) is 22.5. The lowest BCUT2D eigenvalue weighted by molar-refractivity contribution is -0.434. The van der Waals surface area contributed by atoms with Crippen molar-refractivity contribution in [1.29, 1.82) is 5.26 Å². The molecule has 1 aromatic rings. The van der Waals surface area contributed by atoms with E-state index < -0.39 is 42.1 Å². The number of rotatable bonds is 10. The molecule has 0 spiro atoms. The van der Waals surface area contributed by atoms with Crippen LogP contribution in [0.5, 0.6) is 0 Å². The van der Waals surface area contributed by atoms with Crippen molar-refractivity contribution in [3.8, 4) is 6.07 Å². The fraction of sp³-hybridized carbons (Fsp3) is 0.750. The number of amides is 2. The number of benzene rings is 1. The molecule has 2 bridgehead atoms. The molecular formula is C36H49BF2N4O5. The van der Waals surface area contributed by atoms with Gasteiger partial charge in [-0.1, -0.05) is 44.2 Å². The molecule has 1 N–H and O–H groups in total. The first-order valence-electron chi connectivity index (χ1n) is 17.6. The number of alkyl halides is 2. The van der Waals surface area contributed by atoms with Crippen LogP contribution in [0.15, 0.2) is 30.3 Å². The Morgan fingerprint density at radius 1 is 1.17 bits per heavy atom. The number of likely N-dealkylation sites (tertiary alicyclic amines) is 1. The summed E-state index contributed by atoms with van der Waals surface area (Å²) in [7, 11) is -0.591. The van der Waals surface area contributed by atoms with Crippen molar-refractivity contribution in [3.63, 3.8) is 0 Å². The van der Waals surface area contributed by atoms with E-state index in [2.05, 4.69) is 32.2 Å². The van der Waals surface area contributed by atoms with Gasteiger partial charge in [-0.3, -0.25) is 14.5 Å².